The molecule has 0 bridgehead atoms. The maximum atomic E-state index is 6.08. The molecule has 23 heavy (non-hydrogen) atoms. The van der Waals surface area contributed by atoms with Gasteiger partial charge >= 0.3 is 0 Å². The minimum absolute atomic E-state index is 0.302. The Labute approximate surface area is 137 Å². The average molecular weight is 315 g/mol. The van der Waals surface area contributed by atoms with Crippen LogP contribution in [0, 0.1) is 0 Å². The van der Waals surface area contributed by atoms with Crippen LogP contribution in [0.4, 0.5) is 0 Å². The summed E-state index contributed by atoms with van der Waals surface area (Å²) in [6, 6.07) is 7.84. The standard InChI is InChI=1S/C18H25N3O2/c1-3-21-14-19-12-15(21)13-20-10-8-18(9-11-20)23-17-6-4-16(22-2)5-7-17/h4-7,12,14,18H,3,8-11,13H2,1-2H3. The summed E-state index contributed by atoms with van der Waals surface area (Å²) >= 11 is 0. The number of hydrogen-bond acceptors (Lipinski definition) is 4. The zero-order valence-corrected chi connectivity index (χ0v) is 13.9. The van der Waals surface area contributed by atoms with E-state index in [1.54, 1.807) is 7.11 Å². The van der Waals surface area contributed by atoms with Crippen molar-refractivity contribution in [3.05, 3.63) is 42.5 Å². The zero-order valence-electron chi connectivity index (χ0n) is 13.9. The normalized spacial score (nSPS) is 16.4. The number of likely N-dealkylation sites (tertiary alicyclic amines) is 1. The summed E-state index contributed by atoms with van der Waals surface area (Å²) in [7, 11) is 1.68. The van der Waals surface area contributed by atoms with Gasteiger partial charge in [0.25, 0.3) is 0 Å². The van der Waals surface area contributed by atoms with Gasteiger partial charge in [0.1, 0.15) is 17.6 Å². The molecule has 2 heterocycles. The average Bonchev–Trinajstić information content (AvgIpc) is 3.04. The van der Waals surface area contributed by atoms with Gasteiger partial charge in [-0.25, -0.2) is 4.98 Å². The van der Waals surface area contributed by atoms with Crippen molar-refractivity contribution in [2.45, 2.75) is 39.0 Å². The molecule has 0 N–H and O–H groups in total. The summed E-state index contributed by atoms with van der Waals surface area (Å²) in [5.74, 6) is 1.79. The number of piperidine rings is 1. The van der Waals surface area contributed by atoms with Crippen LogP contribution in [0.15, 0.2) is 36.8 Å². The molecule has 3 rings (SSSR count). The van der Waals surface area contributed by atoms with Crippen LogP contribution >= 0.6 is 0 Å². The molecule has 0 spiro atoms. The van der Waals surface area contributed by atoms with Gasteiger partial charge in [-0.15, -0.1) is 0 Å². The molecule has 124 valence electrons. The van der Waals surface area contributed by atoms with Crippen molar-refractivity contribution < 1.29 is 9.47 Å². The van der Waals surface area contributed by atoms with Gasteiger partial charge in [-0.2, -0.15) is 0 Å². The summed E-state index contributed by atoms with van der Waals surface area (Å²) in [5.41, 5.74) is 1.29. The van der Waals surface area contributed by atoms with Gasteiger partial charge in [0.2, 0.25) is 0 Å². The first kappa shape index (κ1) is 15.9. The monoisotopic (exact) mass is 315 g/mol. The lowest BCUT2D eigenvalue weighted by Gasteiger charge is -2.32. The van der Waals surface area contributed by atoms with E-state index in [4.69, 9.17) is 9.47 Å². The SMILES string of the molecule is CCn1cncc1CN1CCC(Oc2ccc(OC)cc2)CC1. The van der Waals surface area contributed by atoms with Gasteiger partial charge in [0.15, 0.2) is 0 Å². The van der Waals surface area contributed by atoms with Crippen molar-refractivity contribution >= 4 is 0 Å². The quantitative estimate of drug-likeness (QED) is 0.821. The Bertz CT molecular complexity index is 601. The summed E-state index contributed by atoms with van der Waals surface area (Å²) in [6.45, 7) is 6.24. The first-order chi connectivity index (χ1) is 11.3. The van der Waals surface area contributed by atoms with E-state index in [1.165, 1.54) is 5.69 Å². The third-order valence-electron chi connectivity index (χ3n) is 4.42. The minimum atomic E-state index is 0.302. The third kappa shape index (κ3) is 4.05. The molecule has 1 aromatic heterocycles. The maximum absolute atomic E-state index is 6.08. The highest BCUT2D eigenvalue weighted by Crippen LogP contribution is 2.22. The van der Waals surface area contributed by atoms with Crippen molar-refractivity contribution in [3.63, 3.8) is 0 Å². The number of rotatable bonds is 6. The molecule has 1 saturated heterocycles. The summed E-state index contributed by atoms with van der Waals surface area (Å²) in [5, 5.41) is 0. The fourth-order valence-corrected chi connectivity index (χ4v) is 3.03. The van der Waals surface area contributed by atoms with Crippen LogP contribution in [0.25, 0.3) is 0 Å². The van der Waals surface area contributed by atoms with Gasteiger partial charge in [-0.1, -0.05) is 0 Å². The van der Waals surface area contributed by atoms with E-state index >= 15 is 0 Å². The highest BCUT2D eigenvalue weighted by Gasteiger charge is 2.21. The molecule has 1 fully saturated rings. The number of hydrogen-bond donors (Lipinski definition) is 0. The Balaban J connectivity index is 1.48. The summed E-state index contributed by atoms with van der Waals surface area (Å²) in [6.07, 6.45) is 6.31. The molecular weight excluding hydrogens is 290 g/mol. The molecule has 5 nitrogen and oxygen atoms in total. The topological polar surface area (TPSA) is 39.5 Å². The lowest BCUT2D eigenvalue weighted by atomic mass is 10.1. The van der Waals surface area contributed by atoms with E-state index in [1.807, 2.05) is 36.8 Å². The number of benzene rings is 1. The van der Waals surface area contributed by atoms with Crippen LogP contribution in [0.2, 0.25) is 0 Å². The molecule has 0 radical (unpaired) electrons. The number of methoxy groups -OCH3 is 1. The van der Waals surface area contributed by atoms with Crippen LogP contribution in [-0.2, 0) is 13.1 Å². The number of nitrogens with zero attached hydrogens (tertiary/aromatic N) is 3. The number of ether oxygens (including phenoxy) is 2. The number of imidazole rings is 1. The summed E-state index contributed by atoms with van der Waals surface area (Å²) in [4.78, 5) is 6.73. The van der Waals surface area contributed by atoms with Crippen molar-refractivity contribution in [1.29, 1.82) is 0 Å². The van der Waals surface area contributed by atoms with Crippen molar-refractivity contribution in [1.82, 2.24) is 14.5 Å². The van der Waals surface area contributed by atoms with Gasteiger partial charge in [-0.3, -0.25) is 4.90 Å². The van der Waals surface area contributed by atoms with E-state index in [0.717, 1.165) is 50.5 Å². The molecule has 1 aliphatic heterocycles. The Hall–Kier alpha value is -2.01. The van der Waals surface area contributed by atoms with Crippen LogP contribution < -0.4 is 9.47 Å². The highest BCUT2D eigenvalue weighted by molar-refractivity contribution is 5.31. The molecule has 0 amide bonds. The second-order valence-electron chi connectivity index (χ2n) is 5.94. The first-order valence-corrected chi connectivity index (χ1v) is 8.30. The van der Waals surface area contributed by atoms with E-state index in [9.17, 15) is 0 Å². The molecule has 1 aromatic carbocycles. The van der Waals surface area contributed by atoms with Crippen molar-refractivity contribution in [2.75, 3.05) is 20.2 Å². The molecule has 1 aliphatic rings. The molecule has 0 atom stereocenters. The number of aryl methyl sites for hydroxylation is 1. The zero-order chi connectivity index (χ0) is 16.1. The molecule has 0 aliphatic carbocycles. The van der Waals surface area contributed by atoms with Crippen molar-refractivity contribution in [3.8, 4) is 11.5 Å². The van der Waals surface area contributed by atoms with Crippen LogP contribution in [0.3, 0.4) is 0 Å². The Kier molecular flexibility index (Phi) is 5.18. The molecule has 0 saturated carbocycles. The van der Waals surface area contributed by atoms with Crippen molar-refractivity contribution in [2.24, 2.45) is 0 Å². The third-order valence-corrected chi connectivity index (χ3v) is 4.42. The van der Waals surface area contributed by atoms with E-state index < -0.39 is 0 Å². The fraction of sp³-hybridized carbons (Fsp3) is 0.500. The smallest absolute Gasteiger partial charge is 0.119 e. The van der Waals surface area contributed by atoms with E-state index in [2.05, 4.69) is 21.4 Å². The Morgan fingerprint density at radius 3 is 2.48 bits per heavy atom. The van der Waals surface area contributed by atoms with Gasteiger partial charge in [0, 0.05) is 32.4 Å². The molecule has 0 unspecified atom stereocenters. The van der Waals surface area contributed by atoms with Crippen LogP contribution in [0.5, 0.6) is 11.5 Å². The second-order valence-corrected chi connectivity index (χ2v) is 5.94. The lowest BCUT2D eigenvalue weighted by molar-refractivity contribution is 0.0955. The Morgan fingerprint density at radius 1 is 1.13 bits per heavy atom. The largest absolute Gasteiger partial charge is 0.497 e. The fourth-order valence-electron chi connectivity index (χ4n) is 3.03. The molecule has 2 aromatic rings. The van der Waals surface area contributed by atoms with Crippen LogP contribution in [-0.4, -0.2) is 40.8 Å². The van der Waals surface area contributed by atoms with Gasteiger partial charge in [-0.05, 0) is 44.0 Å². The predicted molar refractivity (Wildman–Crippen MR) is 89.8 cm³/mol. The minimum Gasteiger partial charge on any atom is -0.497 e. The highest BCUT2D eigenvalue weighted by atomic mass is 16.5. The first-order valence-electron chi connectivity index (χ1n) is 8.30. The number of aromatic nitrogens is 2. The lowest BCUT2D eigenvalue weighted by Crippen LogP contribution is -2.38. The molecule has 5 heteroatoms. The Morgan fingerprint density at radius 2 is 1.83 bits per heavy atom. The predicted octanol–water partition coefficient (Wildman–Crippen LogP) is 2.96. The summed E-state index contributed by atoms with van der Waals surface area (Å²) < 4.78 is 13.5. The van der Waals surface area contributed by atoms with E-state index in [0.29, 0.717) is 6.10 Å². The van der Waals surface area contributed by atoms with Gasteiger partial charge < -0.3 is 14.0 Å². The van der Waals surface area contributed by atoms with Crippen LogP contribution in [0.1, 0.15) is 25.5 Å². The second kappa shape index (κ2) is 7.51. The molecular formula is C18H25N3O2. The van der Waals surface area contributed by atoms with E-state index in [-0.39, 0.29) is 0 Å². The maximum Gasteiger partial charge on any atom is 0.119 e. The van der Waals surface area contributed by atoms with Gasteiger partial charge in [0.05, 0.1) is 19.1 Å².